The minimum atomic E-state index is -4.21. The van der Waals surface area contributed by atoms with Crippen molar-refractivity contribution in [1.82, 2.24) is 9.88 Å². The fourth-order valence-corrected chi connectivity index (χ4v) is 1.96. The maximum Gasteiger partial charge on any atom is 0.401 e. The van der Waals surface area contributed by atoms with Crippen molar-refractivity contribution in [2.45, 2.75) is 12.7 Å². The SMILES string of the molecule is C=CCN(Cc1cnc(N)s1)CC(F)(F)F.Cl. The highest BCUT2D eigenvalue weighted by molar-refractivity contribution is 7.15. The average Bonchev–Trinajstić information content (AvgIpc) is 2.48. The predicted molar refractivity (Wildman–Crippen MR) is 65.3 cm³/mol. The molecule has 0 unspecified atom stereocenters. The molecule has 0 fully saturated rings. The van der Waals surface area contributed by atoms with Crippen molar-refractivity contribution in [1.29, 1.82) is 0 Å². The first-order valence-electron chi connectivity index (χ1n) is 4.51. The standard InChI is InChI=1S/C9H12F3N3S.ClH/c1-2-3-15(6-9(10,11)12)5-7-4-14-8(13)16-7;/h2,4H,1,3,5-6H2,(H2,13,14);1H. The quantitative estimate of drug-likeness (QED) is 0.847. The van der Waals surface area contributed by atoms with Gasteiger partial charge in [-0.25, -0.2) is 4.98 Å². The average molecular weight is 288 g/mol. The number of nitrogens with two attached hydrogens (primary N) is 1. The minimum absolute atomic E-state index is 0. The van der Waals surface area contributed by atoms with Gasteiger partial charge in [-0.3, -0.25) is 4.90 Å². The topological polar surface area (TPSA) is 42.2 Å². The molecule has 0 aromatic carbocycles. The second-order valence-corrected chi connectivity index (χ2v) is 4.39. The van der Waals surface area contributed by atoms with Crippen molar-refractivity contribution in [2.24, 2.45) is 0 Å². The summed E-state index contributed by atoms with van der Waals surface area (Å²) in [6.07, 6.45) is -1.28. The van der Waals surface area contributed by atoms with Gasteiger partial charge in [0.1, 0.15) is 0 Å². The van der Waals surface area contributed by atoms with E-state index in [9.17, 15) is 13.2 Å². The number of anilines is 1. The molecule has 0 bridgehead atoms. The summed E-state index contributed by atoms with van der Waals surface area (Å²) in [6, 6.07) is 0. The zero-order valence-electron chi connectivity index (χ0n) is 8.91. The van der Waals surface area contributed by atoms with Gasteiger partial charge in [0.25, 0.3) is 0 Å². The van der Waals surface area contributed by atoms with Crippen LogP contribution in [0.1, 0.15) is 4.88 Å². The number of thiazole rings is 1. The third-order valence-corrected chi connectivity index (χ3v) is 2.55. The number of nitrogen functional groups attached to an aromatic ring is 1. The second kappa shape index (κ2) is 6.83. The normalized spacial score (nSPS) is 11.3. The molecule has 0 aliphatic rings. The lowest BCUT2D eigenvalue weighted by atomic mass is 10.4. The van der Waals surface area contributed by atoms with Gasteiger partial charge < -0.3 is 5.73 Å². The summed E-state index contributed by atoms with van der Waals surface area (Å²) in [5.41, 5.74) is 5.40. The van der Waals surface area contributed by atoms with E-state index in [1.54, 1.807) is 0 Å². The van der Waals surface area contributed by atoms with Gasteiger partial charge in [0.15, 0.2) is 5.13 Å². The predicted octanol–water partition coefficient (Wildman–Crippen LogP) is 2.70. The Bertz CT molecular complexity index is 354. The Morgan fingerprint density at radius 1 is 1.53 bits per heavy atom. The van der Waals surface area contributed by atoms with E-state index in [4.69, 9.17) is 5.73 Å². The highest BCUT2D eigenvalue weighted by atomic mass is 35.5. The summed E-state index contributed by atoms with van der Waals surface area (Å²) in [5.74, 6) is 0. The van der Waals surface area contributed by atoms with E-state index in [1.807, 2.05) is 0 Å². The van der Waals surface area contributed by atoms with Crippen molar-refractivity contribution in [3.8, 4) is 0 Å². The number of nitrogens with zero attached hydrogens (tertiary/aromatic N) is 2. The zero-order valence-corrected chi connectivity index (χ0v) is 10.5. The fourth-order valence-electron chi connectivity index (χ4n) is 1.24. The third-order valence-electron chi connectivity index (χ3n) is 1.74. The van der Waals surface area contributed by atoms with Crippen LogP contribution in [0.25, 0.3) is 0 Å². The molecule has 1 aromatic rings. The lowest BCUT2D eigenvalue weighted by Gasteiger charge is -2.20. The Morgan fingerprint density at radius 3 is 2.59 bits per heavy atom. The molecule has 98 valence electrons. The number of aromatic nitrogens is 1. The first kappa shape index (κ1) is 16.2. The molecule has 0 aliphatic heterocycles. The molecule has 0 atom stereocenters. The lowest BCUT2D eigenvalue weighted by molar-refractivity contribution is -0.145. The highest BCUT2D eigenvalue weighted by Crippen LogP contribution is 2.21. The highest BCUT2D eigenvalue weighted by Gasteiger charge is 2.30. The van der Waals surface area contributed by atoms with Gasteiger partial charge in [0.2, 0.25) is 0 Å². The fraction of sp³-hybridized carbons (Fsp3) is 0.444. The second-order valence-electron chi connectivity index (χ2n) is 3.24. The van der Waals surface area contributed by atoms with Crippen LogP contribution < -0.4 is 5.73 Å². The molecule has 2 N–H and O–H groups in total. The van der Waals surface area contributed by atoms with E-state index in [0.29, 0.717) is 10.0 Å². The van der Waals surface area contributed by atoms with Crippen LogP contribution in [0.4, 0.5) is 18.3 Å². The number of hydrogen-bond donors (Lipinski definition) is 1. The van der Waals surface area contributed by atoms with Crippen LogP contribution in [0.2, 0.25) is 0 Å². The Morgan fingerprint density at radius 2 is 2.18 bits per heavy atom. The summed E-state index contributed by atoms with van der Waals surface area (Å²) in [7, 11) is 0. The molecular formula is C9H13ClF3N3S. The van der Waals surface area contributed by atoms with E-state index in [1.165, 1.54) is 28.5 Å². The van der Waals surface area contributed by atoms with Gasteiger partial charge in [0.05, 0.1) is 6.54 Å². The Labute approximate surface area is 108 Å². The monoisotopic (exact) mass is 287 g/mol. The van der Waals surface area contributed by atoms with Crippen LogP contribution in [0.15, 0.2) is 18.9 Å². The van der Waals surface area contributed by atoms with Gasteiger partial charge in [-0.1, -0.05) is 6.08 Å². The largest absolute Gasteiger partial charge is 0.401 e. The molecule has 0 saturated heterocycles. The van der Waals surface area contributed by atoms with Crippen LogP contribution in [0.3, 0.4) is 0 Å². The minimum Gasteiger partial charge on any atom is -0.375 e. The van der Waals surface area contributed by atoms with Gasteiger partial charge in [-0.2, -0.15) is 13.2 Å². The molecule has 1 aromatic heterocycles. The van der Waals surface area contributed by atoms with E-state index in [-0.39, 0.29) is 25.5 Å². The molecule has 3 nitrogen and oxygen atoms in total. The van der Waals surface area contributed by atoms with E-state index in [0.717, 1.165) is 0 Å². The molecule has 0 spiro atoms. The first-order chi connectivity index (χ1) is 7.40. The lowest BCUT2D eigenvalue weighted by Crippen LogP contribution is -2.33. The van der Waals surface area contributed by atoms with E-state index in [2.05, 4.69) is 11.6 Å². The summed E-state index contributed by atoms with van der Waals surface area (Å²) >= 11 is 1.19. The Balaban J connectivity index is 0.00000256. The van der Waals surface area contributed by atoms with Crippen LogP contribution in [0.5, 0.6) is 0 Å². The molecule has 0 amide bonds. The summed E-state index contributed by atoms with van der Waals surface area (Å²) in [5, 5.41) is 0.362. The van der Waals surface area contributed by atoms with Crippen LogP contribution in [-0.4, -0.2) is 29.1 Å². The van der Waals surface area contributed by atoms with Crippen LogP contribution in [-0.2, 0) is 6.54 Å². The smallest absolute Gasteiger partial charge is 0.375 e. The summed E-state index contributed by atoms with van der Waals surface area (Å²) in [4.78, 5) is 5.74. The van der Waals surface area contributed by atoms with E-state index >= 15 is 0 Å². The number of alkyl halides is 3. The van der Waals surface area contributed by atoms with Gasteiger partial charge >= 0.3 is 6.18 Å². The molecule has 1 heterocycles. The molecule has 8 heteroatoms. The summed E-state index contributed by atoms with van der Waals surface area (Å²) < 4.78 is 36.7. The van der Waals surface area contributed by atoms with Crippen molar-refractivity contribution < 1.29 is 13.2 Å². The number of rotatable bonds is 5. The summed E-state index contributed by atoms with van der Waals surface area (Å²) in [6.45, 7) is 2.83. The zero-order chi connectivity index (χ0) is 12.2. The van der Waals surface area contributed by atoms with Gasteiger partial charge in [-0.15, -0.1) is 30.3 Å². The molecule has 0 aliphatic carbocycles. The third kappa shape index (κ3) is 6.50. The number of hydrogen-bond acceptors (Lipinski definition) is 4. The maximum absolute atomic E-state index is 12.2. The first-order valence-corrected chi connectivity index (χ1v) is 5.32. The van der Waals surface area contributed by atoms with Crippen LogP contribution in [0, 0.1) is 0 Å². The Hall–Kier alpha value is -0.790. The number of halogens is 4. The van der Waals surface area contributed by atoms with Crippen molar-refractivity contribution in [3.63, 3.8) is 0 Å². The van der Waals surface area contributed by atoms with Crippen molar-refractivity contribution in [3.05, 3.63) is 23.7 Å². The van der Waals surface area contributed by atoms with Gasteiger partial charge in [0, 0.05) is 24.2 Å². The van der Waals surface area contributed by atoms with Crippen LogP contribution >= 0.6 is 23.7 Å². The molecule has 0 radical (unpaired) electrons. The molecule has 1 rings (SSSR count). The molecule has 0 saturated carbocycles. The molecular weight excluding hydrogens is 275 g/mol. The van der Waals surface area contributed by atoms with Gasteiger partial charge in [-0.05, 0) is 0 Å². The molecule has 17 heavy (non-hydrogen) atoms. The maximum atomic E-state index is 12.2. The Kier molecular flexibility index (Phi) is 6.51. The van der Waals surface area contributed by atoms with Crippen molar-refractivity contribution in [2.75, 3.05) is 18.8 Å². The van der Waals surface area contributed by atoms with Crippen molar-refractivity contribution >= 4 is 28.9 Å². The van der Waals surface area contributed by atoms with E-state index < -0.39 is 12.7 Å².